The van der Waals surface area contributed by atoms with Gasteiger partial charge in [-0.1, -0.05) is 36.4 Å². The van der Waals surface area contributed by atoms with Crippen molar-refractivity contribution in [2.75, 3.05) is 6.61 Å². The van der Waals surface area contributed by atoms with E-state index in [1.807, 2.05) is 0 Å². The zero-order valence-corrected chi connectivity index (χ0v) is 9.53. The van der Waals surface area contributed by atoms with Crippen LogP contribution in [0.2, 0.25) is 0 Å². The van der Waals surface area contributed by atoms with E-state index < -0.39 is 0 Å². The molecule has 3 rings (SSSR count). The maximum atomic E-state index is 9.54. The van der Waals surface area contributed by atoms with Gasteiger partial charge in [0.1, 0.15) is 0 Å². The van der Waals surface area contributed by atoms with Gasteiger partial charge in [-0.15, -0.1) is 0 Å². The van der Waals surface area contributed by atoms with E-state index in [1.165, 1.54) is 21.9 Å². The van der Waals surface area contributed by atoms with Gasteiger partial charge in [0, 0.05) is 5.41 Å². The molecule has 0 radical (unpaired) electrons. The van der Waals surface area contributed by atoms with Crippen molar-refractivity contribution in [2.24, 2.45) is 0 Å². The second-order valence-corrected chi connectivity index (χ2v) is 4.91. The van der Waals surface area contributed by atoms with E-state index in [1.54, 1.807) is 0 Å². The molecule has 16 heavy (non-hydrogen) atoms. The molecule has 82 valence electrons. The van der Waals surface area contributed by atoms with Gasteiger partial charge in [-0.25, -0.2) is 0 Å². The number of aliphatic hydroxyl groups excluding tert-OH is 1. The summed E-state index contributed by atoms with van der Waals surface area (Å²) < 4.78 is 0. The lowest BCUT2D eigenvalue weighted by Gasteiger charge is -2.16. The Morgan fingerprint density at radius 2 is 1.75 bits per heavy atom. The molecule has 0 heterocycles. The summed E-state index contributed by atoms with van der Waals surface area (Å²) in [4.78, 5) is 0. The summed E-state index contributed by atoms with van der Waals surface area (Å²) in [7, 11) is 0. The van der Waals surface area contributed by atoms with Crippen molar-refractivity contribution >= 4 is 10.8 Å². The summed E-state index contributed by atoms with van der Waals surface area (Å²) in [6.07, 6.45) is 2.24. The van der Waals surface area contributed by atoms with Crippen LogP contribution in [0.15, 0.2) is 36.4 Å². The highest BCUT2D eigenvalue weighted by atomic mass is 16.3. The van der Waals surface area contributed by atoms with Gasteiger partial charge in [0.2, 0.25) is 0 Å². The van der Waals surface area contributed by atoms with Crippen molar-refractivity contribution in [2.45, 2.75) is 25.2 Å². The van der Waals surface area contributed by atoms with Crippen LogP contribution >= 0.6 is 0 Å². The Morgan fingerprint density at radius 3 is 2.38 bits per heavy atom. The number of benzene rings is 2. The Hall–Kier alpha value is -1.34. The second-order valence-electron chi connectivity index (χ2n) is 4.91. The third-order valence-electron chi connectivity index (χ3n) is 3.87. The topological polar surface area (TPSA) is 20.2 Å². The monoisotopic (exact) mass is 212 g/mol. The van der Waals surface area contributed by atoms with Crippen LogP contribution in [-0.2, 0) is 5.41 Å². The molecule has 1 N–H and O–H groups in total. The van der Waals surface area contributed by atoms with Crippen molar-refractivity contribution in [1.29, 1.82) is 0 Å². The summed E-state index contributed by atoms with van der Waals surface area (Å²) in [5.74, 6) is 0. The number of fused-ring (bicyclic) bond motifs is 1. The molecule has 1 aliphatic carbocycles. The minimum absolute atomic E-state index is 0.0628. The molecule has 0 aromatic heterocycles. The lowest BCUT2D eigenvalue weighted by Crippen LogP contribution is -2.12. The summed E-state index contributed by atoms with van der Waals surface area (Å²) in [6.45, 7) is 2.42. The minimum Gasteiger partial charge on any atom is -0.395 e. The molecule has 2 aromatic rings. The summed E-state index contributed by atoms with van der Waals surface area (Å²) in [6, 6.07) is 12.9. The van der Waals surface area contributed by atoms with Crippen molar-refractivity contribution < 1.29 is 5.11 Å². The van der Waals surface area contributed by atoms with E-state index in [-0.39, 0.29) is 12.0 Å². The number of aryl methyl sites for hydroxylation is 1. The molecule has 0 atom stereocenters. The molecule has 1 saturated carbocycles. The zero-order valence-electron chi connectivity index (χ0n) is 9.53. The first-order chi connectivity index (χ1) is 7.77. The smallest absolute Gasteiger partial charge is 0.0528 e. The molecule has 1 aliphatic rings. The molecule has 0 saturated heterocycles. The highest BCUT2D eigenvalue weighted by molar-refractivity contribution is 5.89. The quantitative estimate of drug-likeness (QED) is 0.810. The summed E-state index contributed by atoms with van der Waals surface area (Å²) >= 11 is 0. The first-order valence-corrected chi connectivity index (χ1v) is 5.86. The third kappa shape index (κ3) is 1.28. The van der Waals surface area contributed by atoms with Crippen LogP contribution < -0.4 is 0 Å². The number of aliphatic hydroxyl groups is 1. The average molecular weight is 212 g/mol. The lowest BCUT2D eigenvalue weighted by molar-refractivity contribution is 0.256. The normalized spacial score (nSPS) is 17.6. The Kier molecular flexibility index (Phi) is 2.05. The van der Waals surface area contributed by atoms with Crippen LogP contribution in [0.1, 0.15) is 24.0 Å². The Labute approximate surface area is 95.7 Å². The minimum atomic E-state index is 0.0628. The summed E-state index contributed by atoms with van der Waals surface area (Å²) in [5, 5.41) is 12.2. The SMILES string of the molecule is Cc1ccc(C2(CO)CC2)c2ccccc12. The van der Waals surface area contributed by atoms with E-state index in [0.29, 0.717) is 0 Å². The second kappa shape index (κ2) is 3.33. The van der Waals surface area contributed by atoms with Gasteiger partial charge in [0.25, 0.3) is 0 Å². The maximum Gasteiger partial charge on any atom is 0.0528 e. The molecule has 1 nitrogen and oxygen atoms in total. The van der Waals surface area contributed by atoms with E-state index >= 15 is 0 Å². The molecule has 0 unspecified atom stereocenters. The highest BCUT2D eigenvalue weighted by Gasteiger charge is 2.44. The molecule has 2 aromatic carbocycles. The van der Waals surface area contributed by atoms with Crippen LogP contribution in [0.25, 0.3) is 10.8 Å². The van der Waals surface area contributed by atoms with Gasteiger partial charge in [0.05, 0.1) is 6.61 Å². The van der Waals surface area contributed by atoms with Gasteiger partial charge in [-0.2, -0.15) is 0 Å². The fourth-order valence-corrected chi connectivity index (χ4v) is 2.58. The van der Waals surface area contributed by atoms with E-state index in [2.05, 4.69) is 43.3 Å². The molecular formula is C15H16O. The van der Waals surface area contributed by atoms with Gasteiger partial charge >= 0.3 is 0 Å². The van der Waals surface area contributed by atoms with Crippen LogP contribution in [-0.4, -0.2) is 11.7 Å². The van der Waals surface area contributed by atoms with Crippen LogP contribution in [0.3, 0.4) is 0 Å². The predicted octanol–water partition coefficient (Wildman–Crippen LogP) is 3.17. The first kappa shape index (κ1) is 9.86. The predicted molar refractivity (Wildman–Crippen MR) is 66.7 cm³/mol. The first-order valence-electron chi connectivity index (χ1n) is 5.86. The molecule has 0 bridgehead atoms. The van der Waals surface area contributed by atoms with Crippen molar-refractivity contribution in [3.8, 4) is 0 Å². The molecule has 0 amide bonds. The van der Waals surface area contributed by atoms with Crippen molar-refractivity contribution in [3.63, 3.8) is 0 Å². The van der Waals surface area contributed by atoms with E-state index in [0.717, 1.165) is 12.8 Å². The van der Waals surface area contributed by atoms with Gasteiger partial charge in [-0.05, 0) is 41.7 Å². The van der Waals surface area contributed by atoms with Gasteiger partial charge < -0.3 is 5.11 Å². The number of rotatable bonds is 2. The van der Waals surface area contributed by atoms with E-state index in [4.69, 9.17) is 0 Å². The fourth-order valence-electron chi connectivity index (χ4n) is 2.58. The average Bonchev–Trinajstić information content (AvgIpc) is 3.11. The maximum absolute atomic E-state index is 9.54. The fraction of sp³-hybridized carbons (Fsp3) is 0.333. The summed E-state index contributed by atoms with van der Waals surface area (Å²) in [5.41, 5.74) is 2.71. The van der Waals surface area contributed by atoms with Crippen LogP contribution in [0.5, 0.6) is 0 Å². The molecule has 0 spiro atoms. The molecule has 1 fully saturated rings. The third-order valence-corrected chi connectivity index (χ3v) is 3.87. The van der Waals surface area contributed by atoms with Crippen molar-refractivity contribution in [1.82, 2.24) is 0 Å². The standard InChI is InChI=1S/C15H16O/c1-11-6-7-14(15(10-16)8-9-15)13-5-3-2-4-12(11)13/h2-7,16H,8-10H2,1H3. The van der Waals surface area contributed by atoms with Crippen LogP contribution in [0.4, 0.5) is 0 Å². The molecular weight excluding hydrogens is 196 g/mol. The number of hydrogen-bond acceptors (Lipinski definition) is 1. The Morgan fingerprint density at radius 1 is 1.06 bits per heavy atom. The highest BCUT2D eigenvalue weighted by Crippen LogP contribution is 2.50. The molecule has 0 aliphatic heterocycles. The molecule has 1 heteroatoms. The van der Waals surface area contributed by atoms with Crippen LogP contribution in [0, 0.1) is 6.92 Å². The van der Waals surface area contributed by atoms with Gasteiger partial charge in [0.15, 0.2) is 0 Å². The lowest BCUT2D eigenvalue weighted by atomic mass is 9.90. The zero-order chi connectivity index (χ0) is 11.2. The number of hydrogen-bond donors (Lipinski definition) is 1. The van der Waals surface area contributed by atoms with Gasteiger partial charge in [-0.3, -0.25) is 0 Å². The Balaban J connectivity index is 2.30. The van der Waals surface area contributed by atoms with E-state index in [9.17, 15) is 5.11 Å². The largest absolute Gasteiger partial charge is 0.395 e. The Bertz CT molecular complexity index is 538. The van der Waals surface area contributed by atoms with Crippen molar-refractivity contribution in [3.05, 3.63) is 47.5 Å².